The molecule has 0 bridgehead atoms. The second-order valence-corrected chi connectivity index (χ2v) is 10.4. The van der Waals surface area contributed by atoms with Crippen molar-refractivity contribution in [2.45, 2.75) is 57.3 Å². The maximum atomic E-state index is 13.0. The average Bonchev–Trinajstić information content (AvgIpc) is 3.47. The molecule has 0 spiro atoms. The summed E-state index contributed by atoms with van der Waals surface area (Å²) < 4.78 is 11.6. The molecule has 2 aromatic carbocycles. The number of aliphatic hydroxyl groups excluding tert-OH is 1. The average molecular weight is 517 g/mol. The first-order chi connectivity index (χ1) is 18.5. The van der Waals surface area contributed by atoms with Crippen LogP contribution in [0.15, 0.2) is 48.7 Å². The zero-order valence-electron chi connectivity index (χ0n) is 21.4. The monoisotopic (exact) mass is 516 g/mol. The van der Waals surface area contributed by atoms with Crippen LogP contribution in [-0.2, 0) is 29.2 Å². The van der Waals surface area contributed by atoms with E-state index in [1.165, 1.54) is 5.56 Å². The van der Waals surface area contributed by atoms with E-state index in [0.29, 0.717) is 31.6 Å². The predicted molar refractivity (Wildman–Crippen MR) is 140 cm³/mol. The summed E-state index contributed by atoms with van der Waals surface area (Å²) in [6, 6.07) is 13.7. The quantitative estimate of drug-likeness (QED) is 0.498. The number of rotatable bonds is 7. The third-order valence-electron chi connectivity index (χ3n) is 7.70. The lowest BCUT2D eigenvalue weighted by Crippen LogP contribution is -2.55. The Morgan fingerprint density at radius 3 is 2.82 bits per heavy atom. The highest BCUT2D eigenvalue weighted by molar-refractivity contribution is 5.99. The van der Waals surface area contributed by atoms with Gasteiger partial charge in [0.05, 0.1) is 18.2 Å². The molecular weight excluding hydrogens is 484 g/mol. The Hall–Kier alpha value is -3.53. The summed E-state index contributed by atoms with van der Waals surface area (Å²) in [6.07, 6.45) is 2.59. The summed E-state index contributed by atoms with van der Waals surface area (Å²) in [5.74, 6) is 0.456. The number of carbonyl (C=O) groups is 2. The molecular formula is C29H32N4O5. The van der Waals surface area contributed by atoms with E-state index in [1.54, 1.807) is 12.0 Å². The number of pyridine rings is 1. The van der Waals surface area contributed by atoms with Gasteiger partial charge in [-0.1, -0.05) is 6.07 Å². The minimum atomic E-state index is -1.04. The summed E-state index contributed by atoms with van der Waals surface area (Å²) in [5.41, 5.74) is 4.81. The number of aliphatic hydroxyl groups is 1. The molecule has 2 unspecified atom stereocenters. The topological polar surface area (TPSA) is 104 Å². The first kappa shape index (κ1) is 24.8. The number of carbonyl (C=O) groups excluding carboxylic acids is 2. The van der Waals surface area contributed by atoms with Gasteiger partial charge in [0.2, 0.25) is 5.91 Å². The van der Waals surface area contributed by atoms with Gasteiger partial charge < -0.3 is 24.8 Å². The van der Waals surface area contributed by atoms with Crippen molar-refractivity contribution in [2.75, 3.05) is 20.2 Å². The third kappa shape index (κ3) is 4.97. The molecule has 1 aromatic heterocycles. The van der Waals surface area contributed by atoms with Crippen molar-refractivity contribution in [3.8, 4) is 5.75 Å². The largest absolute Gasteiger partial charge is 0.489 e. The summed E-state index contributed by atoms with van der Waals surface area (Å²) >= 11 is 0. The number of hydrogen-bond acceptors (Lipinski definition) is 7. The molecule has 3 aromatic rings. The maximum absolute atomic E-state index is 13.0. The Bertz CT molecular complexity index is 1380. The van der Waals surface area contributed by atoms with E-state index < -0.39 is 12.3 Å². The van der Waals surface area contributed by atoms with Gasteiger partial charge in [-0.2, -0.15) is 0 Å². The molecule has 198 valence electrons. The Morgan fingerprint density at radius 1 is 1.11 bits per heavy atom. The first-order valence-corrected chi connectivity index (χ1v) is 13.1. The smallest absolute Gasteiger partial charge is 0.254 e. The molecule has 0 saturated carbocycles. The lowest BCUT2D eigenvalue weighted by Gasteiger charge is -2.35. The van der Waals surface area contributed by atoms with Crippen molar-refractivity contribution in [2.24, 2.45) is 0 Å². The number of amides is 2. The Balaban J connectivity index is 1.07. The molecule has 38 heavy (non-hydrogen) atoms. The summed E-state index contributed by atoms with van der Waals surface area (Å²) in [7, 11) is 1.69. The summed E-state index contributed by atoms with van der Waals surface area (Å²) in [5, 5.41) is 13.9. The van der Waals surface area contributed by atoms with Gasteiger partial charge in [-0.15, -0.1) is 0 Å². The number of ether oxygens (including phenoxy) is 2. The summed E-state index contributed by atoms with van der Waals surface area (Å²) in [6.45, 7) is 3.58. The zero-order valence-corrected chi connectivity index (χ0v) is 21.4. The second kappa shape index (κ2) is 10.3. The lowest BCUT2D eigenvalue weighted by molar-refractivity contribution is -0.129. The molecule has 2 saturated heterocycles. The van der Waals surface area contributed by atoms with Crippen LogP contribution in [0.5, 0.6) is 5.75 Å². The maximum Gasteiger partial charge on any atom is 0.254 e. The van der Waals surface area contributed by atoms with E-state index in [1.807, 2.05) is 24.4 Å². The van der Waals surface area contributed by atoms with Crippen LogP contribution in [0.3, 0.4) is 0 Å². The fourth-order valence-electron chi connectivity index (χ4n) is 5.82. The molecule has 3 atom stereocenters. The fraction of sp³-hybridized carbons (Fsp3) is 0.414. The van der Waals surface area contributed by atoms with E-state index in [2.05, 4.69) is 39.5 Å². The van der Waals surface area contributed by atoms with Crippen LogP contribution < -0.4 is 10.1 Å². The SMILES string of the molecule is COCc1cnc2ccc(CN3CC[C@H](Oc4ccc5c(c4)CN(C4CCC(=O)NC4O)C5=O)C3)cc2c1. The van der Waals surface area contributed by atoms with Crippen molar-refractivity contribution in [3.63, 3.8) is 0 Å². The van der Waals surface area contributed by atoms with Crippen molar-refractivity contribution < 1.29 is 24.2 Å². The molecule has 3 aliphatic heterocycles. The van der Waals surface area contributed by atoms with Gasteiger partial charge in [0.25, 0.3) is 5.91 Å². The van der Waals surface area contributed by atoms with E-state index in [0.717, 1.165) is 53.8 Å². The molecule has 9 heteroatoms. The molecule has 0 radical (unpaired) electrons. The van der Waals surface area contributed by atoms with Crippen molar-refractivity contribution in [1.29, 1.82) is 0 Å². The van der Waals surface area contributed by atoms with Crippen LogP contribution in [-0.4, -0.2) is 70.3 Å². The minimum Gasteiger partial charge on any atom is -0.489 e. The highest BCUT2D eigenvalue weighted by Gasteiger charge is 2.39. The van der Waals surface area contributed by atoms with Gasteiger partial charge in [0, 0.05) is 56.9 Å². The second-order valence-electron chi connectivity index (χ2n) is 10.4. The Morgan fingerprint density at radius 2 is 1.97 bits per heavy atom. The van der Waals surface area contributed by atoms with Gasteiger partial charge in [-0.05, 0) is 65.9 Å². The Labute approximate surface area is 221 Å². The van der Waals surface area contributed by atoms with Crippen LogP contribution in [0.25, 0.3) is 10.9 Å². The number of aromatic nitrogens is 1. The minimum absolute atomic E-state index is 0.0760. The number of piperidine rings is 1. The highest BCUT2D eigenvalue weighted by Crippen LogP contribution is 2.32. The normalized spacial score (nSPS) is 23.6. The van der Waals surface area contributed by atoms with Crippen LogP contribution in [0.1, 0.15) is 46.3 Å². The number of nitrogens with one attached hydrogen (secondary N) is 1. The molecule has 2 fully saturated rings. The van der Waals surface area contributed by atoms with E-state index in [-0.39, 0.29) is 17.9 Å². The highest BCUT2D eigenvalue weighted by atomic mass is 16.5. The molecule has 9 nitrogen and oxygen atoms in total. The van der Waals surface area contributed by atoms with Crippen molar-refractivity contribution in [3.05, 3.63) is 70.9 Å². The molecule has 2 amide bonds. The van der Waals surface area contributed by atoms with Crippen LogP contribution in [0.4, 0.5) is 0 Å². The Kier molecular flexibility index (Phi) is 6.73. The molecule has 6 rings (SSSR count). The van der Waals surface area contributed by atoms with Gasteiger partial charge in [0.15, 0.2) is 0 Å². The van der Waals surface area contributed by atoms with Gasteiger partial charge in [0.1, 0.15) is 18.1 Å². The van der Waals surface area contributed by atoms with E-state index in [4.69, 9.17) is 9.47 Å². The van der Waals surface area contributed by atoms with Crippen molar-refractivity contribution in [1.82, 2.24) is 20.1 Å². The van der Waals surface area contributed by atoms with Gasteiger partial charge >= 0.3 is 0 Å². The number of fused-ring (bicyclic) bond motifs is 2. The van der Waals surface area contributed by atoms with E-state index >= 15 is 0 Å². The first-order valence-electron chi connectivity index (χ1n) is 13.1. The molecule has 3 aliphatic rings. The third-order valence-corrected chi connectivity index (χ3v) is 7.70. The predicted octanol–water partition coefficient (Wildman–Crippen LogP) is 2.59. The van der Waals surface area contributed by atoms with Gasteiger partial charge in [-0.3, -0.25) is 19.5 Å². The molecule has 2 N–H and O–H groups in total. The molecule has 0 aliphatic carbocycles. The van der Waals surface area contributed by atoms with Crippen molar-refractivity contribution >= 4 is 22.7 Å². The van der Waals surface area contributed by atoms with Crippen LogP contribution >= 0.6 is 0 Å². The number of benzene rings is 2. The standard InChI is InChI=1S/C29H32N4O5/c1-37-17-19-11-20-10-18(2-5-25(20)30-13-19)14-32-9-8-23(16-32)38-22-3-4-24-21(12-22)15-33(29(24)36)26-6-7-27(34)31-28(26)35/h2-5,10-13,23,26,28,35H,6-9,14-17H2,1H3,(H,31,34)/t23-,26?,28?/m0/s1. The number of likely N-dealkylation sites (tertiary alicyclic amines) is 1. The number of nitrogens with zero attached hydrogens (tertiary/aromatic N) is 3. The lowest BCUT2D eigenvalue weighted by atomic mass is 10.0. The van der Waals surface area contributed by atoms with Gasteiger partial charge in [-0.25, -0.2) is 0 Å². The fourth-order valence-corrected chi connectivity index (χ4v) is 5.82. The van der Waals surface area contributed by atoms with Crippen LogP contribution in [0, 0.1) is 0 Å². The molecule has 4 heterocycles. The summed E-state index contributed by atoms with van der Waals surface area (Å²) in [4.78, 5) is 33.1. The number of hydrogen-bond donors (Lipinski definition) is 2. The zero-order chi connectivity index (χ0) is 26.2. The number of methoxy groups -OCH3 is 1. The van der Waals surface area contributed by atoms with Crippen LogP contribution in [0.2, 0.25) is 0 Å². The van der Waals surface area contributed by atoms with E-state index in [9.17, 15) is 14.7 Å².